The molecule has 22 heavy (non-hydrogen) atoms. The Morgan fingerprint density at radius 2 is 1.73 bits per heavy atom. The van der Waals surface area contributed by atoms with Gasteiger partial charge in [0.25, 0.3) is 0 Å². The topological polar surface area (TPSA) is 63.8 Å². The smallest absolute Gasteiger partial charge is 0.187 e. The Morgan fingerprint density at radius 3 is 2.41 bits per heavy atom. The molecule has 0 aliphatic rings. The molecule has 2 aromatic carbocycles. The van der Waals surface area contributed by atoms with E-state index in [-0.39, 0.29) is 5.71 Å². The molecule has 0 radical (unpaired) electrons. The van der Waals surface area contributed by atoms with Crippen LogP contribution >= 0.6 is 0 Å². The molecule has 0 unspecified atom stereocenters. The second-order valence-corrected chi connectivity index (χ2v) is 4.33. The lowest BCUT2D eigenvalue weighted by Crippen LogP contribution is -2.06. The molecule has 2 aromatic rings. The standard InChI is InChI=1S/C17H16N2O3/c1-20-16-9-5-6-10-17(16)22-12-13-7-3-4-8-14(13)15(11-18)19-21-2/h3-10H,12H2,1-2H3/b19-15-. The molecule has 112 valence electrons. The predicted octanol–water partition coefficient (Wildman–Crippen LogP) is 3.15. The van der Waals surface area contributed by atoms with Gasteiger partial charge in [0, 0.05) is 5.56 Å². The normalized spacial score (nSPS) is 10.7. The van der Waals surface area contributed by atoms with Gasteiger partial charge in [-0.25, -0.2) is 0 Å². The summed E-state index contributed by atoms with van der Waals surface area (Å²) < 4.78 is 11.0. The van der Waals surface area contributed by atoms with Gasteiger partial charge in [0.15, 0.2) is 17.2 Å². The summed E-state index contributed by atoms with van der Waals surface area (Å²) in [6, 6.07) is 16.8. The number of rotatable bonds is 6. The lowest BCUT2D eigenvalue weighted by Gasteiger charge is -2.12. The largest absolute Gasteiger partial charge is 0.493 e. The molecule has 0 N–H and O–H groups in total. The molecule has 0 bridgehead atoms. The number of hydrogen-bond donors (Lipinski definition) is 0. The molecule has 0 aromatic heterocycles. The van der Waals surface area contributed by atoms with E-state index in [2.05, 4.69) is 5.16 Å². The third-order valence-electron chi connectivity index (χ3n) is 3.01. The van der Waals surface area contributed by atoms with Crippen LogP contribution in [0.1, 0.15) is 11.1 Å². The molecule has 2 rings (SSSR count). The first kappa shape index (κ1) is 15.4. The summed E-state index contributed by atoms with van der Waals surface area (Å²) in [5.41, 5.74) is 1.73. The molecule has 0 saturated carbocycles. The molecule has 0 atom stereocenters. The first-order chi connectivity index (χ1) is 10.8. The van der Waals surface area contributed by atoms with E-state index >= 15 is 0 Å². The summed E-state index contributed by atoms with van der Waals surface area (Å²) in [5.74, 6) is 1.30. The van der Waals surface area contributed by atoms with E-state index in [1.807, 2.05) is 54.6 Å². The van der Waals surface area contributed by atoms with Crippen LogP contribution in [-0.2, 0) is 11.4 Å². The van der Waals surface area contributed by atoms with Crippen molar-refractivity contribution in [2.75, 3.05) is 14.2 Å². The Balaban J connectivity index is 2.24. The van der Waals surface area contributed by atoms with Crippen LogP contribution in [0, 0.1) is 11.3 Å². The molecule has 5 nitrogen and oxygen atoms in total. The van der Waals surface area contributed by atoms with Crippen molar-refractivity contribution in [3.8, 4) is 17.6 Å². The zero-order valence-electron chi connectivity index (χ0n) is 12.4. The Kier molecular flexibility index (Phi) is 5.38. The number of nitrogens with zero attached hydrogens (tertiary/aromatic N) is 2. The molecular formula is C17H16N2O3. The molecule has 0 aliphatic carbocycles. The fourth-order valence-electron chi connectivity index (χ4n) is 1.99. The summed E-state index contributed by atoms with van der Waals surface area (Å²) in [5, 5.41) is 12.9. The van der Waals surface area contributed by atoms with Gasteiger partial charge in [-0.05, 0) is 17.7 Å². The van der Waals surface area contributed by atoms with Crippen LogP contribution in [-0.4, -0.2) is 19.9 Å². The summed E-state index contributed by atoms with van der Waals surface area (Å²) in [6.07, 6.45) is 0. The highest BCUT2D eigenvalue weighted by Gasteiger charge is 2.11. The van der Waals surface area contributed by atoms with Crippen LogP contribution in [0.2, 0.25) is 0 Å². The first-order valence-corrected chi connectivity index (χ1v) is 6.65. The van der Waals surface area contributed by atoms with Crippen LogP contribution in [0.15, 0.2) is 53.7 Å². The molecule has 0 spiro atoms. The number of nitriles is 1. The van der Waals surface area contributed by atoms with Gasteiger partial charge in [-0.1, -0.05) is 41.6 Å². The van der Waals surface area contributed by atoms with Crippen molar-refractivity contribution in [1.29, 1.82) is 5.26 Å². The third-order valence-corrected chi connectivity index (χ3v) is 3.01. The molecule has 0 amide bonds. The zero-order valence-corrected chi connectivity index (χ0v) is 12.4. The molecule has 0 fully saturated rings. The highest BCUT2D eigenvalue weighted by atomic mass is 16.6. The fourth-order valence-corrected chi connectivity index (χ4v) is 1.99. The van der Waals surface area contributed by atoms with Crippen molar-refractivity contribution in [2.24, 2.45) is 5.16 Å². The second-order valence-electron chi connectivity index (χ2n) is 4.33. The molecular weight excluding hydrogens is 280 g/mol. The third kappa shape index (κ3) is 3.55. The number of methoxy groups -OCH3 is 1. The monoisotopic (exact) mass is 296 g/mol. The number of ether oxygens (including phenoxy) is 2. The van der Waals surface area contributed by atoms with Crippen molar-refractivity contribution in [3.05, 3.63) is 59.7 Å². The van der Waals surface area contributed by atoms with Crippen molar-refractivity contribution >= 4 is 5.71 Å². The first-order valence-electron chi connectivity index (χ1n) is 6.65. The minimum absolute atomic E-state index is 0.210. The zero-order chi connectivity index (χ0) is 15.8. The molecule has 0 aliphatic heterocycles. The van der Waals surface area contributed by atoms with Gasteiger partial charge < -0.3 is 14.3 Å². The number of oxime groups is 1. The van der Waals surface area contributed by atoms with Crippen LogP contribution in [0.5, 0.6) is 11.5 Å². The van der Waals surface area contributed by atoms with Crippen LogP contribution in [0.25, 0.3) is 0 Å². The summed E-state index contributed by atoms with van der Waals surface area (Å²) in [6.45, 7) is 0.293. The minimum Gasteiger partial charge on any atom is -0.493 e. The van der Waals surface area contributed by atoms with Gasteiger partial charge >= 0.3 is 0 Å². The number of hydrogen-bond acceptors (Lipinski definition) is 5. The van der Waals surface area contributed by atoms with Crippen LogP contribution in [0.4, 0.5) is 0 Å². The summed E-state index contributed by atoms with van der Waals surface area (Å²) >= 11 is 0. The van der Waals surface area contributed by atoms with Gasteiger partial charge in [-0.15, -0.1) is 0 Å². The van der Waals surface area contributed by atoms with Gasteiger partial charge in [-0.3, -0.25) is 0 Å². The Hall–Kier alpha value is -3.00. The Bertz CT molecular complexity index is 705. The van der Waals surface area contributed by atoms with Crippen LogP contribution in [0.3, 0.4) is 0 Å². The van der Waals surface area contributed by atoms with E-state index in [0.29, 0.717) is 23.7 Å². The summed E-state index contributed by atoms with van der Waals surface area (Å²) in [7, 11) is 3.00. The quantitative estimate of drug-likeness (QED) is 0.607. The van der Waals surface area contributed by atoms with E-state index in [4.69, 9.17) is 14.3 Å². The Morgan fingerprint density at radius 1 is 1.05 bits per heavy atom. The maximum Gasteiger partial charge on any atom is 0.187 e. The lowest BCUT2D eigenvalue weighted by atomic mass is 10.0. The van der Waals surface area contributed by atoms with Gasteiger partial charge in [0.05, 0.1) is 7.11 Å². The SMILES string of the molecule is CO/N=C(/C#N)c1ccccc1COc1ccccc1OC. The average Bonchev–Trinajstić information content (AvgIpc) is 2.58. The molecule has 5 heteroatoms. The van der Waals surface area contributed by atoms with E-state index in [0.717, 1.165) is 5.56 Å². The fraction of sp³-hybridized carbons (Fsp3) is 0.176. The lowest BCUT2D eigenvalue weighted by molar-refractivity contribution is 0.214. The van der Waals surface area contributed by atoms with Gasteiger partial charge in [-0.2, -0.15) is 5.26 Å². The van der Waals surface area contributed by atoms with Crippen molar-refractivity contribution in [3.63, 3.8) is 0 Å². The van der Waals surface area contributed by atoms with Crippen molar-refractivity contribution < 1.29 is 14.3 Å². The van der Waals surface area contributed by atoms with Crippen molar-refractivity contribution in [2.45, 2.75) is 6.61 Å². The highest BCUT2D eigenvalue weighted by Crippen LogP contribution is 2.27. The van der Waals surface area contributed by atoms with E-state index < -0.39 is 0 Å². The number of para-hydroxylation sites is 2. The van der Waals surface area contributed by atoms with E-state index in [9.17, 15) is 5.26 Å². The highest BCUT2D eigenvalue weighted by molar-refractivity contribution is 6.12. The molecule has 0 saturated heterocycles. The maximum atomic E-state index is 9.18. The number of benzene rings is 2. The van der Waals surface area contributed by atoms with E-state index in [1.165, 1.54) is 7.11 Å². The van der Waals surface area contributed by atoms with Gasteiger partial charge in [0.2, 0.25) is 0 Å². The van der Waals surface area contributed by atoms with Crippen LogP contribution < -0.4 is 9.47 Å². The minimum atomic E-state index is 0.210. The maximum absolute atomic E-state index is 9.18. The van der Waals surface area contributed by atoms with Crippen molar-refractivity contribution in [1.82, 2.24) is 0 Å². The molecule has 0 heterocycles. The van der Waals surface area contributed by atoms with Gasteiger partial charge in [0.1, 0.15) is 19.8 Å². The van der Waals surface area contributed by atoms with E-state index in [1.54, 1.807) is 7.11 Å². The second kappa shape index (κ2) is 7.70. The summed E-state index contributed by atoms with van der Waals surface area (Å²) in [4.78, 5) is 4.71. The predicted molar refractivity (Wildman–Crippen MR) is 82.9 cm³/mol. The Labute approximate surface area is 129 Å². The average molecular weight is 296 g/mol.